The van der Waals surface area contributed by atoms with Crippen LogP contribution in [0.5, 0.6) is 5.75 Å². The van der Waals surface area contributed by atoms with Gasteiger partial charge in [-0.3, -0.25) is 10.1 Å². The molecule has 0 aliphatic heterocycles. The summed E-state index contributed by atoms with van der Waals surface area (Å²) in [6, 6.07) is 12.2. The fraction of sp³-hybridized carbons (Fsp3) is 0.143. The number of ether oxygens (including phenoxy) is 1. The van der Waals surface area contributed by atoms with Gasteiger partial charge in [-0.1, -0.05) is 18.2 Å². The van der Waals surface area contributed by atoms with E-state index in [9.17, 15) is 10.1 Å². The van der Waals surface area contributed by atoms with E-state index in [1.54, 1.807) is 30.3 Å². The molecule has 0 spiro atoms. The summed E-state index contributed by atoms with van der Waals surface area (Å²) in [7, 11) is 1.41. The first-order valence-electron chi connectivity index (χ1n) is 6.01. The number of nitro benzene ring substituents is 1. The minimum atomic E-state index is -0.454. The lowest BCUT2D eigenvalue weighted by Gasteiger charge is -2.09. The highest BCUT2D eigenvalue weighted by molar-refractivity contribution is 5.68. The summed E-state index contributed by atoms with van der Waals surface area (Å²) in [6.07, 6.45) is 0. The zero-order chi connectivity index (χ0) is 14.5. The van der Waals surface area contributed by atoms with Gasteiger partial charge in [0.25, 0.3) is 0 Å². The van der Waals surface area contributed by atoms with E-state index in [-0.39, 0.29) is 11.4 Å². The number of nitrogen functional groups attached to an aromatic ring is 1. The lowest BCUT2D eigenvalue weighted by molar-refractivity contribution is -0.384. The number of anilines is 2. The molecule has 104 valence electrons. The Kier molecular flexibility index (Phi) is 4.05. The van der Waals surface area contributed by atoms with Crippen LogP contribution in [0.3, 0.4) is 0 Å². The van der Waals surface area contributed by atoms with Gasteiger partial charge in [0, 0.05) is 12.2 Å². The molecule has 2 rings (SSSR count). The molecule has 0 bridgehead atoms. The number of hydrogen-bond donors (Lipinski definition) is 2. The fourth-order valence-corrected chi connectivity index (χ4v) is 1.85. The van der Waals surface area contributed by atoms with E-state index in [0.717, 1.165) is 5.56 Å². The fourth-order valence-electron chi connectivity index (χ4n) is 1.85. The number of nitrogens with zero attached hydrogens (tertiary/aromatic N) is 1. The predicted octanol–water partition coefficient (Wildman–Crippen LogP) is 2.80. The minimum Gasteiger partial charge on any atom is -0.490 e. The van der Waals surface area contributed by atoms with Gasteiger partial charge in [-0.05, 0) is 29.8 Å². The van der Waals surface area contributed by atoms with Gasteiger partial charge in [-0.15, -0.1) is 0 Å². The molecule has 0 aliphatic rings. The number of rotatable bonds is 5. The third-order valence-electron chi connectivity index (χ3n) is 2.86. The largest absolute Gasteiger partial charge is 0.490 e. The molecule has 0 fully saturated rings. The van der Waals surface area contributed by atoms with Gasteiger partial charge in [0.15, 0.2) is 5.75 Å². The maximum atomic E-state index is 11.1. The highest BCUT2D eigenvalue weighted by atomic mass is 16.6. The van der Waals surface area contributed by atoms with Crippen molar-refractivity contribution in [3.8, 4) is 5.75 Å². The first kappa shape index (κ1) is 13.7. The van der Waals surface area contributed by atoms with Gasteiger partial charge < -0.3 is 15.8 Å². The first-order chi connectivity index (χ1) is 9.61. The van der Waals surface area contributed by atoms with E-state index in [4.69, 9.17) is 10.5 Å². The molecule has 6 heteroatoms. The van der Waals surface area contributed by atoms with E-state index in [1.165, 1.54) is 7.11 Å². The molecule has 2 aromatic carbocycles. The van der Waals surface area contributed by atoms with E-state index in [0.29, 0.717) is 17.9 Å². The van der Waals surface area contributed by atoms with Crippen molar-refractivity contribution < 1.29 is 9.66 Å². The molecule has 0 amide bonds. The Balaban J connectivity index is 2.21. The quantitative estimate of drug-likeness (QED) is 0.496. The number of nitrogens with one attached hydrogen (secondary N) is 1. The minimum absolute atomic E-state index is 0.0644. The lowest BCUT2D eigenvalue weighted by atomic mass is 10.2. The van der Waals surface area contributed by atoms with Crippen molar-refractivity contribution in [2.45, 2.75) is 6.54 Å². The lowest BCUT2D eigenvalue weighted by Crippen LogP contribution is -2.04. The predicted molar refractivity (Wildman–Crippen MR) is 77.8 cm³/mol. The summed E-state index contributed by atoms with van der Waals surface area (Å²) in [4.78, 5) is 10.7. The van der Waals surface area contributed by atoms with Crippen LogP contribution in [0.25, 0.3) is 0 Å². The van der Waals surface area contributed by atoms with Crippen molar-refractivity contribution >= 4 is 17.1 Å². The average Bonchev–Trinajstić information content (AvgIpc) is 2.46. The van der Waals surface area contributed by atoms with Gasteiger partial charge in [0.2, 0.25) is 0 Å². The second-order valence-electron chi connectivity index (χ2n) is 4.21. The van der Waals surface area contributed by atoms with Crippen LogP contribution in [-0.4, -0.2) is 12.0 Å². The summed E-state index contributed by atoms with van der Waals surface area (Å²) in [5.74, 6) is 0.234. The van der Waals surface area contributed by atoms with Crippen LogP contribution in [0.2, 0.25) is 0 Å². The van der Waals surface area contributed by atoms with Gasteiger partial charge in [0.1, 0.15) is 5.69 Å². The molecule has 6 nitrogen and oxygen atoms in total. The monoisotopic (exact) mass is 273 g/mol. The second kappa shape index (κ2) is 5.92. The number of hydrogen-bond acceptors (Lipinski definition) is 5. The summed E-state index contributed by atoms with van der Waals surface area (Å²) >= 11 is 0. The molecule has 0 heterocycles. The van der Waals surface area contributed by atoms with Crippen molar-refractivity contribution in [2.24, 2.45) is 0 Å². The number of nitrogens with two attached hydrogens (primary N) is 1. The molecule has 20 heavy (non-hydrogen) atoms. The molecule has 0 radical (unpaired) electrons. The van der Waals surface area contributed by atoms with E-state index >= 15 is 0 Å². The molecular weight excluding hydrogens is 258 g/mol. The normalized spacial score (nSPS) is 10.1. The van der Waals surface area contributed by atoms with Crippen LogP contribution in [0.1, 0.15) is 5.56 Å². The molecular formula is C14H15N3O3. The van der Waals surface area contributed by atoms with Gasteiger partial charge in [-0.2, -0.15) is 0 Å². The number of nitro groups is 1. The smallest absolute Gasteiger partial charge is 0.333 e. The van der Waals surface area contributed by atoms with Crippen LogP contribution in [0.15, 0.2) is 42.5 Å². The Labute approximate surface area is 116 Å². The Morgan fingerprint density at radius 2 is 1.95 bits per heavy atom. The first-order valence-corrected chi connectivity index (χ1v) is 6.01. The van der Waals surface area contributed by atoms with Crippen LogP contribution >= 0.6 is 0 Å². The molecule has 2 aromatic rings. The third-order valence-corrected chi connectivity index (χ3v) is 2.86. The van der Waals surface area contributed by atoms with E-state index in [2.05, 4.69) is 5.32 Å². The van der Waals surface area contributed by atoms with Crippen LogP contribution < -0.4 is 15.8 Å². The maximum Gasteiger partial charge on any atom is 0.333 e. The van der Waals surface area contributed by atoms with Crippen molar-refractivity contribution in [2.75, 3.05) is 18.2 Å². The molecule has 3 N–H and O–H groups in total. The van der Waals surface area contributed by atoms with Gasteiger partial charge in [-0.25, -0.2) is 0 Å². The molecule has 0 saturated carbocycles. The van der Waals surface area contributed by atoms with Crippen LogP contribution in [0.4, 0.5) is 17.1 Å². The zero-order valence-electron chi connectivity index (χ0n) is 11.0. The number of benzene rings is 2. The zero-order valence-corrected chi connectivity index (χ0v) is 11.0. The van der Waals surface area contributed by atoms with Crippen molar-refractivity contribution in [3.63, 3.8) is 0 Å². The van der Waals surface area contributed by atoms with E-state index < -0.39 is 4.92 Å². The molecule has 0 unspecified atom stereocenters. The van der Waals surface area contributed by atoms with Crippen LogP contribution in [0, 0.1) is 10.1 Å². The SMILES string of the molecule is COc1cccc(NCc2ccc(N)cc2)c1[N+](=O)[O-]. The molecule has 0 atom stereocenters. The Morgan fingerprint density at radius 1 is 1.25 bits per heavy atom. The molecule has 0 saturated heterocycles. The summed E-state index contributed by atoms with van der Waals surface area (Å²) in [5, 5.41) is 14.2. The second-order valence-corrected chi connectivity index (χ2v) is 4.21. The summed E-state index contributed by atoms with van der Waals surface area (Å²) in [5.41, 5.74) is 7.63. The number of para-hydroxylation sites is 1. The standard InChI is InChI=1S/C14H15N3O3/c1-20-13-4-2-3-12(14(13)17(18)19)16-9-10-5-7-11(15)8-6-10/h2-8,16H,9,15H2,1H3. The summed E-state index contributed by atoms with van der Waals surface area (Å²) in [6.45, 7) is 0.467. The van der Waals surface area contributed by atoms with Crippen molar-refractivity contribution in [1.82, 2.24) is 0 Å². The highest BCUT2D eigenvalue weighted by Gasteiger charge is 2.19. The molecule has 0 aliphatic carbocycles. The van der Waals surface area contributed by atoms with Gasteiger partial charge >= 0.3 is 5.69 Å². The summed E-state index contributed by atoms with van der Waals surface area (Å²) < 4.78 is 5.02. The topological polar surface area (TPSA) is 90.4 Å². The average molecular weight is 273 g/mol. The number of methoxy groups -OCH3 is 1. The highest BCUT2D eigenvalue weighted by Crippen LogP contribution is 2.34. The van der Waals surface area contributed by atoms with Crippen molar-refractivity contribution in [1.29, 1.82) is 0 Å². The molecule has 0 aromatic heterocycles. The van der Waals surface area contributed by atoms with E-state index in [1.807, 2.05) is 12.1 Å². The Bertz CT molecular complexity index is 612. The Hall–Kier alpha value is -2.76. The van der Waals surface area contributed by atoms with Gasteiger partial charge in [0.05, 0.1) is 12.0 Å². The Morgan fingerprint density at radius 3 is 2.55 bits per heavy atom. The van der Waals surface area contributed by atoms with Crippen LogP contribution in [-0.2, 0) is 6.54 Å². The van der Waals surface area contributed by atoms with Crippen molar-refractivity contribution in [3.05, 3.63) is 58.1 Å². The maximum absolute atomic E-state index is 11.1. The third kappa shape index (κ3) is 2.97.